The van der Waals surface area contributed by atoms with Gasteiger partial charge in [-0.05, 0) is 19.9 Å². The fourth-order valence-corrected chi connectivity index (χ4v) is 5.78. The van der Waals surface area contributed by atoms with Crippen molar-refractivity contribution in [2.45, 2.75) is 42.0 Å². The Balaban J connectivity index is 1.93. The number of primary amides is 1. The van der Waals surface area contributed by atoms with Crippen LogP contribution in [0.3, 0.4) is 0 Å². The summed E-state index contributed by atoms with van der Waals surface area (Å²) in [6.45, 7) is 3.38. The molecule has 2 fully saturated rings. The molecule has 0 aliphatic carbocycles. The van der Waals surface area contributed by atoms with Crippen LogP contribution < -0.4 is 10.5 Å². The number of carbonyl (C=O) groups excluding carboxylic acids is 2. The van der Waals surface area contributed by atoms with Gasteiger partial charge in [0.25, 0.3) is 5.91 Å². The number of carbonyl (C=O) groups is 3. The molecule has 0 spiro atoms. The number of ether oxygens (including phenoxy) is 1. The van der Waals surface area contributed by atoms with Crippen LogP contribution in [0.25, 0.3) is 0 Å². The highest BCUT2D eigenvalue weighted by atomic mass is 79.9. The van der Waals surface area contributed by atoms with Crippen molar-refractivity contribution in [2.24, 2.45) is 5.73 Å². The average molecular weight is 443 g/mol. The Morgan fingerprint density at radius 3 is 2.69 bits per heavy atom. The monoisotopic (exact) mass is 442 g/mol. The summed E-state index contributed by atoms with van der Waals surface area (Å²) in [4.78, 5) is 37.3. The number of nitrogens with two attached hydrogens (primary N) is 1. The van der Waals surface area contributed by atoms with Crippen LogP contribution in [-0.2, 0) is 14.4 Å². The SMILES string of the molecule is CC(Oc1ccccc1C1C(=O)N2C(C(=O)O)C(C)(CBr)S[C@@H]12)C(N)=O. The molecule has 26 heavy (non-hydrogen) atoms. The maximum atomic E-state index is 12.8. The molecule has 3 rings (SSSR count). The van der Waals surface area contributed by atoms with Crippen LogP contribution in [0.2, 0.25) is 0 Å². The van der Waals surface area contributed by atoms with Gasteiger partial charge in [0.1, 0.15) is 11.8 Å². The van der Waals surface area contributed by atoms with Crippen LogP contribution in [-0.4, -0.2) is 55.4 Å². The van der Waals surface area contributed by atoms with Gasteiger partial charge in [0.2, 0.25) is 5.91 Å². The van der Waals surface area contributed by atoms with E-state index < -0.39 is 34.7 Å². The molecule has 2 aliphatic rings. The summed E-state index contributed by atoms with van der Waals surface area (Å²) in [6.07, 6.45) is -0.835. The van der Waals surface area contributed by atoms with E-state index in [0.29, 0.717) is 16.6 Å². The Labute approximate surface area is 163 Å². The van der Waals surface area contributed by atoms with E-state index in [0.717, 1.165) is 0 Å². The second kappa shape index (κ2) is 6.77. The number of carboxylic acids is 1. The topological polar surface area (TPSA) is 110 Å². The van der Waals surface area contributed by atoms with E-state index in [1.54, 1.807) is 31.2 Å². The summed E-state index contributed by atoms with van der Waals surface area (Å²) in [5, 5.41) is 9.77. The predicted molar refractivity (Wildman–Crippen MR) is 100 cm³/mol. The number of β-lactam (4-membered cyclic amide) rings is 1. The quantitative estimate of drug-likeness (QED) is 0.510. The molecule has 2 heterocycles. The lowest BCUT2D eigenvalue weighted by atomic mass is 9.86. The van der Waals surface area contributed by atoms with Gasteiger partial charge in [-0.3, -0.25) is 9.59 Å². The Morgan fingerprint density at radius 2 is 2.12 bits per heavy atom. The first-order valence-electron chi connectivity index (χ1n) is 8.05. The fourth-order valence-electron chi connectivity index (χ4n) is 3.38. The molecule has 0 bridgehead atoms. The van der Waals surface area contributed by atoms with Crippen molar-refractivity contribution < 1.29 is 24.2 Å². The van der Waals surface area contributed by atoms with E-state index in [-0.39, 0.29) is 11.3 Å². The highest BCUT2D eigenvalue weighted by molar-refractivity contribution is 9.09. The third-order valence-electron chi connectivity index (χ3n) is 4.78. The minimum atomic E-state index is -1.01. The molecular formula is C17H19BrN2O5S. The number of thioether (sulfide) groups is 1. The fraction of sp³-hybridized carbons (Fsp3) is 0.471. The standard InChI is InChI=1S/C17H19BrN2O5S/c1-8(13(19)21)25-10-6-4-3-5-9(10)11-14(22)20-12(16(23)24)17(2,7-18)26-15(11)20/h3-6,8,11-12,15H,7H2,1-2H3,(H2,19,21)(H,23,24)/t8?,11?,12?,15-,17?/m0/s1. The number of rotatable bonds is 6. The Bertz CT molecular complexity index is 775. The summed E-state index contributed by atoms with van der Waals surface area (Å²) in [6, 6.07) is 6.09. The highest BCUT2D eigenvalue weighted by Crippen LogP contribution is 2.57. The van der Waals surface area contributed by atoms with Crippen LogP contribution in [0.1, 0.15) is 25.3 Å². The van der Waals surface area contributed by atoms with Crippen LogP contribution in [0, 0.1) is 0 Å². The van der Waals surface area contributed by atoms with Gasteiger partial charge in [0.05, 0.1) is 16.0 Å². The second-order valence-electron chi connectivity index (χ2n) is 6.62. The molecule has 7 nitrogen and oxygen atoms in total. The molecule has 5 atom stereocenters. The average Bonchev–Trinajstić information content (AvgIpc) is 2.86. The lowest BCUT2D eigenvalue weighted by Gasteiger charge is -2.44. The van der Waals surface area contributed by atoms with Gasteiger partial charge in [-0.25, -0.2) is 4.79 Å². The Morgan fingerprint density at radius 1 is 1.46 bits per heavy atom. The lowest BCUT2D eigenvalue weighted by molar-refractivity contribution is -0.159. The molecule has 0 radical (unpaired) electrons. The van der Waals surface area contributed by atoms with E-state index in [2.05, 4.69) is 15.9 Å². The van der Waals surface area contributed by atoms with Gasteiger partial charge >= 0.3 is 5.97 Å². The summed E-state index contributed by atoms with van der Waals surface area (Å²) < 4.78 is 5.01. The van der Waals surface area contributed by atoms with Crippen LogP contribution >= 0.6 is 27.7 Å². The number of nitrogens with zero attached hydrogens (tertiary/aromatic N) is 1. The summed E-state index contributed by atoms with van der Waals surface area (Å²) in [5.74, 6) is -1.96. The number of hydrogen-bond donors (Lipinski definition) is 2. The third-order valence-corrected chi connectivity index (χ3v) is 7.97. The van der Waals surface area contributed by atoms with Crippen molar-refractivity contribution in [3.63, 3.8) is 0 Å². The van der Waals surface area contributed by atoms with Gasteiger partial charge < -0.3 is 20.5 Å². The number of carboxylic acid groups (broad SMARTS) is 1. The molecule has 0 aromatic heterocycles. The first-order valence-corrected chi connectivity index (χ1v) is 10.0. The van der Waals surface area contributed by atoms with Crippen LogP contribution in [0.4, 0.5) is 0 Å². The zero-order valence-corrected chi connectivity index (χ0v) is 16.6. The second-order valence-corrected chi connectivity index (χ2v) is 8.83. The largest absolute Gasteiger partial charge is 0.481 e. The van der Waals surface area contributed by atoms with E-state index in [1.807, 2.05) is 6.92 Å². The summed E-state index contributed by atoms with van der Waals surface area (Å²) in [7, 11) is 0. The van der Waals surface area contributed by atoms with Crippen LogP contribution in [0.5, 0.6) is 5.75 Å². The van der Waals surface area contributed by atoms with Crippen molar-refractivity contribution >= 4 is 45.5 Å². The lowest BCUT2D eigenvalue weighted by Crippen LogP contribution is -2.61. The third kappa shape index (κ3) is 2.87. The van der Waals surface area contributed by atoms with Crippen molar-refractivity contribution in [2.75, 3.05) is 5.33 Å². The number of halogens is 1. The van der Waals surface area contributed by atoms with E-state index >= 15 is 0 Å². The van der Waals surface area contributed by atoms with E-state index in [1.165, 1.54) is 16.7 Å². The van der Waals surface area contributed by atoms with Crippen molar-refractivity contribution in [3.8, 4) is 5.75 Å². The molecule has 2 aliphatic heterocycles. The molecule has 140 valence electrons. The maximum Gasteiger partial charge on any atom is 0.327 e. The molecule has 3 N–H and O–H groups in total. The van der Waals surface area contributed by atoms with Gasteiger partial charge in [-0.15, -0.1) is 11.8 Å². The minimum absolute atomic E-state index is 0.248. The van der Waals surface area contributed by atoms with Crippen molar-refractivity contribution in [1.29, 1.82) is 0 Å². The number of alkyl halides is 1. The summed E-state index contributed by atoms with van der Waals surface area (Å²) >= 11 is 4.85. The summed E-state index contributed by atoms with van der Waals surface area (Å²) in [5.41, 5.74) is 5.90. The van der Waals surface area contributed by atoms with Gasteiger partial charge in [-0.1, -0.05) is 34.1 Å². The van der Waals surface area contributed by atoms with E-state index in [4.69, 9.17) is 10.5 Å². The predicted octanol–water partition coefficient (Wildman–Crippen LogP) is 1.54. The zero-order valence-electron chi connectivity index (χ0n) is 14.2. The Hall–Kier alpha value is -1.74. The Kier molecular flexibility index (Phi) is 4.96. The molecule has 1 aromatic rings. The van der Waals surface area contributed by atoms with Gasteiger partial charge in [0.15, 0.2) is 6.10 Å². The normalized spacial score (nSPS) is 31.1. The number of benzene rings is 1. The number of amides is 2. The van der Waals surface area contributed by atoms with Crippen LogP contribution in [0.15, 0.2) is 24.3 Å². The molecular weight excluding hydrogens is 424 g/mol. The van der Waals surface area contributed by atoms with Crippen molar-refractivity contribution in [3.05, 3.63) is 29.8 Å². The molecule has 4 unspecified atom stereocenters. The van der Waals surface area contributed by atoms with Gasteiger partial charge in [-0.2, -0.15) is 0 Å². The molecule has 9 heteroatoms. The molecule has 0 saturated carbocycles. The minimum Gasteiger partial charge on any atom is -0.481 e. The number of hydrogen-bond acceptors (Lipinski definition) is 5. The molecule has 1 aromatic carbocycles. The first-order chi connectivity index (χ1) is 12.2. The number of para-hydroxylation sites is 1. The van der Waals surface area contributed by atoms with Crippen molar-refractivity contribution in [1.82, 2.24) is 4.90 Å². The molecule has 2 amide bonds. The van der Waals surface area contributed by atoms with E-state index in [9.17, 15) is 19.5 Å². The van der Waals surface area contributed by atoms with Gasteiger partial charge in [0, 0.05) is 10.9 Å². The number of fused-ring (bicyclic) bond motifs is 1. The smallest absolute Gasteiger partial charge is 0.327 e. The first kappa shape index (κ1) is 19.0. The highest BCUT2D eigenvalue weighted by Gasteiger charge is 2.65. The number of aliphatic carboxylic acids is 1. The maximum absolute atomic E-state index is 12.8. The molecule has 2 saturated heterocycles. The zero-order chi connectivity index (χ0) is 19.2.